The van der Waals surface area contributed by atoms with Gasteiger partial charge in [0.1, 0.15) is 0 Å². The Balaban J connectivity index is 1.74. The van der Waals surface area contributed by atoms with Crippen LogP contribution in [0.1, 0.15) is 25.7 Å². The molecule has 0 aliphatic carbocycles. The van der Waals surface area contributed by atoms with Gasteiger partial charge in [-0.15, -0.1) is 0 Å². The van der Waals surface area contributed by atoms with E-state index in [0.717, 1.165) is 25.9 Å². The number of rotatable bonds is 3. The zero-order valence-electron chi connectivity index (χ0n) is 9.55. The molecular formula is C10H19BF3N2-. The zero-order chi connectivity index (χ0) is 11.6. The van der Waals surface area contributed by atoms with Gasteiger partial charge >= 0.3 is 6.98 Å². The molecule has 0 atom stereocenters. The normalized spacial score (nSPS) is 26.4. The van der Waals surface area contributed by atoms with Crippen molar-refractivity contribution in [2.75, 3.05) is 32.6 Å². The largest absolute Gasteiger partial charge is 0.492 e. The van der Waals surface area contributed by atoms with Crippen molar-refractivity contribution in [1.82, 2.24) is 9.80 Å². The van der Waals surface area contributed by atoms with Crippen molar-refractivity contribution < 1.29 is 12.9 Å². The van der Waals surface area contributed by atoms with Crippen LogP contribution in [0.2, 0.25) is 0 Å². The van der Waals surface area contributed by atoms with Crippen molar-refractivity contribution >= 4 is 6.98 Å². The summed E-state index contributed by atoms with van der Waals surface area (Å²) in [6.45, 7) is -1.13. The molecule has 0 amide bonds. The maximum atomic E-state index is 12.2. The lowest BCUT2D eigenvalue weighted by atomic mass is 9.89. The van der Waals surface area contributed by atoms with E-state index in [2.05, 4.69) is 4.90 Å². The molecular weight excluding hydrogens is 216 g/mol. The van der Waals surface area contributed by atoms with Crippen LogP contribution in [-0.2, 0) is 0 Å². The van der Waals surface area contributed by atoms with E-state index in [0.29, 0.717) is 19.1 Å². The maximum Gasteiger partial charge on any atom is 0.492 e. The van der Waals surface area contributed by atoms with E-state index >= 15 is 0 Å². The molecule has 2 nitrogen and oxygen atoms in total. The molecule has 2 heterocycles. The highest BCUT2D eigenvalue weighted by atomic mass is 19.4. The highest BCUT2D eigenvalue weighted by Gasteiger charge is 2.31. The van der Waals surface area contributed by atoms with Gasteiger partial charge < -0.3 is 22.7 Å². The SMILES string of the molecule is F[B-](F)(F)CN1CCC(N2CCCC2)CC1. The molecule has 6 heteroatoms. The van der Waals surface area contributed by atoms with E-state index in [1.165, 1.54) is 12.8 Å². The lowest BCUT2D eigenvalue weighted by Gasteiger charge is -2.38. The molecule has 16 heavy (non-hydrogen) atoms. The number of piperidine rings is 1. The minimum absolute atomic E-state index is 0.541. The summed E-state index contributed by atoms with van der Waals surface area (Å²) < 4.78 is 36.7. The summed E-state index contributed by atoms with van der Waals surface area (Å²) in [5.41, 5.74) is 0. The van der Waals surface area contributed by atoms with E-state index in [1.807, 2.05) is 0 Å². The fourth-order valence-corrected chi connectivity index (χ4v) is 2.87. The summed E-state index contributed by atoms with van der Waals surface area (Å²) in [5, 5.41) is 0. The highest BCUT2D eigenvalue weighted by molar-refractivity contribution is 6.58. The predicted octanol–water partition coefficient (Wildman–Crippen LogP) is 1.93. The fraction of sp³-hybridized carbons (Fsp3) is 1.00. The first-order chi connectivity index (χ1) is 7.54. The molecule has 0 aromatic heterocycles. The van der Waals surface area contributed by atoms with Crippen molar-refractivity contribution in [3.63, 3.8) is 0 Å². The number of halogens is 3. The molecule has 0 aromatic rings. The van der Waals surface area contributed by atoms with Gasteiger partial charge in [-0.2, -0.15) is 0 Å². The molecule has 0 aromatic carbocycles. The first-order valence-corrected chi connectivity index (χ1v) is 6.22. The van der Waals surface area contributed by atoms with Gasteiger partial charge in [-0.3, -0.25) is 0 Å². The van der Waals surface area contributed by atoms with Crippen LogP contribution in [0.15, 0.2) is 0 Å². The van der Waals surface area contributed by atoms with Crippen LogP contribution in [0.5, 0.6) is 0 Å². The lowest BCUT2D eigenvalue weighted by Crippen LogP contribution is -2.47. The second-order valence-electron chi connectivity index (χ2n) is 4.99. The van der Waals surface area contributed by atoms with Gasteiger partial charge in [0.15, 0.2) is 0 Å². The highest BCUT2D eigenvalue weighted by Crippen LogP contribution is 2.22. The van der Waals surface area contributed by atoms with Crippen LogP contribution in [-0.4, -0.2) is 55.4 Å². The second kappa shape index (κ2) is 4.96. The molecule has 0 N–H and O–H groups in total. The third-order valence-corrected chi connectivity index (χ3v) is 3.68. The molecule has 2 aliphatic heterocycles. The minimum Gasteiger partial charge on any atom is -0.448 e. The molecule has 2 aliphatic rings. The zero-order valence-corrected chi connectivity index (χ0v) is 9.55. The monoisotopic (exact) mass is 235 g/mol. The summed E-state index contributed by atoms with van der Waals surface area (Å²) in [6.07, 6.45) is 3.66. The Morgan fingerprint density at radius 3 is 2.00 bits per heavy atom. The predicted molar refractivity (Wildman–Crippen MR) is 59.3 cm³/mol. The van der Waals surface area contributed by atoms with Crippen molar-refractivity contribution in [1.29, 1.82) is 0 Å². The second-order valence-corrected chi connectivity index (χ2v) is 4.99. The van der Waals surface area contributed by atoms with Gasteiger partial charge in [0, 0.05) is 6.04 Å². The molecule has 0 bridgehead atoms. The Hall–Kier alpha value is -0.225. The van der Waals surface area contributed by atoms with Crippen LogP contribution in [0.25, 0.3) is 0 Å². The van der Waals surface area contributed by atoms with Gasteiger partial charge in [-0.25, -0.2) is 0 Å². The van der Waals surface area contributed by atoms with Gasteiger partial charge in [-0.05, 0) is 58.3 Å². The van der Waals surface area contributed by atoms with Crippen molar-refractivity contribution in [2.45, 2.75) is 31.7 Å². The standard InChI is InChI=1S/C10H19BF3N2/c12-11(13,14)9-15-7-3-10(4-8-15)16-5-1-2-6-16/h10H,1-9H2/q-1. The van der Waals surface area contributed by atoms with Gasteiger partial charge in [0.05, 0.1) is 0 Å². The van der Waals surface area contributed by atoms with Crippen molar-refractivity contribution in [3.05, 3.63) is 0 Å². The van der Waals surface area contributed by atoms with Crippen LogP contribution in [0, 0.1) is 0 Å². The van der Waals surface area contributed by atoms with Crippen LogP contribution in [0.4, 0.5) is 12.9 Å². The summed E-state index contributed by atoms with van der Waals surface area (Å²) in [5.74, 6) is 0. The first-order valence-electron chi connectivity index (χ1n) is 6.22. The molecule has 2 saturated heterocycles. The molecule has 0 radical (unpaired) electrons. The summed E-state index contributed by atoms with van der Waals surface area (Å²) in [6, 6.07) is 0.541. The van der Waals surface area contributed by atoms with E-state index in [-0.39, 0.29) is 0 Å². The average molecular weight is 235 g/mol. The number of likely N-dealkylation sites (tertiary alicyclic amines) is 2. The Labute approximate surface area is 94.8 Å². The van der Waals surface area contributed by atoms with Crippen LogP contribution < -0.4 is 0 Å². The molecule has 94 valence electrons. The topological polar surface area (TPSA) is 6.48 Å². The fourth-order valence-electron chi connectivity index (χ4n) is 2.87. The quantitative estimate of drug-likeness (QED) is 0.689. The van der Waals surface area contributed by atoms with Gasteiger partial charge in [-0.1, -0.05) is 0 Å². The van der Waals surface area contributed by atoms with Gasteiger partial charge in [0.2, 0.25) is 0 Å². The third kappa shape index (κ3) is 3.38. The van der Waals surface area contributed by atoms with E-state index in [4.69, 9.17) is 0 Å². The number of nitrogens with zero attached hydrogens (tertiary/aromatic N) is 2. The smallest absolute Gasteiger partial charge is 0.448 e. The first kappa shape index (κ1) is 12.2. The molecule has 0 spiro atoms. The van der Waals surface area contributed by atoms with Crippen LogP contribution >= 0.6 is 0 Å². The number of hydrogen-bond donors (Lipinski definition) is 0. The Bertz CT molecular complexity index is 221. The molecule has 0 unspecified atom stereocenters. The Morgan fingerprint density at radius 2 is 1.50 bits per heavy atom. The summed E-state index contributed by atoms with van der Waals surface area (Å²) in [7, 11) is 0. The van der Waals surface area contributed by atoms with Crippen LogP contribution in [0.3, 0.4) is 0 Å². The van der Waals surface area contributed by atoms with Crippen molar-refractivity contribution in [3.8, 4) is 0 Å². The summed E-state index contributed by atoms with van der Waals surface area (Å²) >= 11 is 0. The van der Waals surface area contributed by atoms with E-state index in [1.54, 1.807) is 4.90 Å². The molecule has 0 saturated carbocycles. The Kier molecular flexibility index (Phi) is 3.79. The van der Waals surface area contributed by atoms with Gasteiger partial charge in [0.25, 0.3) is 0 Å². The Morgan fingerprint density at radius 1 is 0.938 bits per heavy atom. The number of hydrogen-bond acceptors (Lipinski definition) is 2. The molecule has 2 rings (SSSR count). The lowest BCUT2D eigenvalue weighted by molar-refractivity contribution is 0.132. The maximum absolute atomic E-state index is 12.2. The van der Waals surface area contributed by atoms with Crippen molar-refractivity contribution in [2.24, 2.45) is 0 Å². The van der Waals surface area contributed by atoms with E-state index < -0.39 is 13.4 Å². The summed E-state index contributed by atoms with van der Waals surface area (Å²) in [4.78, 5) is 4.02. The minimum atomic E-state index is -4.65. The third-order valence-electron chi connectivity index (χ3n) is 3.68. The molecule has 2 fully saturated rings. The van der Waals surface area contributed by atoms with E-state index in [9.17, 15) is 12.9 Å². The average Bonchev–Trinajstić information content (AvgIpc) is 2.69.